The Balaban J connectivity index is 2.21. The van der Waals surface area contributed by atoms with Gasteiger partial charge in [-0.3, -0.25) is 24.2 Å². The molecule has 3 heterocycles. The maximum Gasteiger partial charge on any atom is 0.313 e. The number of ether oxygens (including phenoxy) is 2. The van der Waals surface area contributed by atoms with Crippen molar-refractivity contribution >= 4 is 23.6 Å². The Morgan fingerprint density at radius 3 is 1.76 bits per heavy atom. The maximum absolute atomic E-state index is 15.4. The van der Waals surface area contributed by atoms with E-state index in [1.165, 1.54) is 12.5 Å². The number of hydrogen-bond donors (Lipinski definition) is 0. The summed E-state index contributed by atoms with van der Waals surface area (Å²) < 4.78 is 14.1. The van der Waals surface area contributed by atoms with Crippen LogP contribution in [0.5, 0.6) is 0 Å². The topological polar surface area (TPSA) is 121 Å². The van der Waals surface area contributed by atoms with E-state index in [4.69, 9.17) is 9.47 Å². The minimum absolute atomic E-state index is 0.00618. The van der Waals surface area contributed by atoms with Crippen LogP contribution >= 0.6 is 0 Å². The number of carbonyl (C=O) groups is 4. The average molecular weight is 1000 g/mol. The number of rotatable bonds is 31. The SMILES string of the molecule is CCC(C)(CC(c1ccncc1)C(C)(CC)CC(C)(C)CC(C)(C(=O)OCCOC(=O)CC(C)=O)C(C)(CC)C(C)(C)CC(N1CCCC1=O)C(C)(C)CC)CC(CC)(CC)C(CC(C)(C)C)n1ccnc1. The van der Waals surface area contributed by atoms with E-state index in [-0.39, 0.29) is 81.7 Å². The van der Waals surface area contributed by atoms with Crippen LogP contribution in [0.15, 0.2) is 43.2 Å². The molecule has 1 amide bonds. The normalized spacial score (nSPS) is 18.8. The average Bonchev–Trinajstić information content (AvgIpc) is 4.01. The molecule has 1 aliphatic heterocycles. The van der Waals surface area contributed by atoms with Crippen molar-refractivity contribution in [2.45, 2.75) is 253 Å². The number of likely N-dealkylation sites (tertiary alicyclic amines) is 1. The molecular weight excluding hydrogens is 897 g/mol. The zero-order chi connectivity index (χ0) is 54.8. The van der Waals surface area contributed by atoms with E-state index in [1.54, 1.807) is 0 Å². The molecule has 0 aromatic carbocycles. The molecule has 0 spiro atoms. The third-order valence-corrected chi connectivity index (χ3v) is 19.5. The summed E-state index contributed by atoms with van der Waals surface area (Å²) in [4.78, 5) is 64.3. The maximum atomic E-state index is 15.4. The summed E-state index contributed by atoms with van der Waals surface area (Å²) in [6.07, 6.45) is 22.2. The van der Waals surface area contributed by atoms with Gasteiger partial charge in [-0.1, -0.05) is 137 Å². The van der Waals surface area contributed by atoms with Gasteiger partial charge in [0, 0.05) is 49.8 Å². The zero-order valence-electron chi connectivity index (χ0n) is 49.7. The van der Waals surface area contributed by atoms with Crippen molar-refractivity contribution in [2.75, 3.05) is 19.8 Å². The molecular formula is C62H106N4O6. The second kappa shape index (κ2) is 24.9. The summed E-state index contributed by atoms with van der Waals surface area (Å²) in [6, 6.07) is 4.78. The minimum Gasteiger partial charge on any atom is -0.462 e. The molecule has 0 aliphatic carbocycles. The number of carbonyl (C=O) groups excluding carboxylic acids is 4. The van der Waals surface area contributed by atoms with Gasteiger partial charge >= 0.3 is 11.9 Å². The van der Waals surface area contributed by atoms with Crippen LogP contribution in [0, 0.1) is 48.7 Å². The number of hydrogen-bond acceptors (Lipinski definition) is 8. The summed E-state index contributed by atoms with van der Waals surface area (Å²) in [6.45, 7) is 46.3. The van der Waals surface area contributed by atoms with Gasteiger partial charge in [0.1, 0.15) is 25.4 Å². The number of esters is 2. The first-order chi connectivity index (χ1) is 33.2. The molecule has 2 aromatic heterocycles. The van der Waals surface area contributed by atoms with Crippen molar-refractivity contribution < 1.29 is 28.7 Å². The van der Waals surface area contributed by atoms with Gasteiger partial charge < -0.3 is 18.9 Å². The quantitative estimate of drug-likeness (QED) is 0.0416. The van der Waals surface area contributed by atoms with E-state index in [1.807, 2.05) is 24.9 Å². The lowest BCUT2D eigenvalue weighted by molar-refractivity contribution is -0.182. The highest BCUT2D eigenvalue weighted by atomic mass is 16.6. The molecule has 0 radical (unpaired) electrons. The Morgan fingerprint density at radius 2 is 1.29 bits per heavy atom. The molecule has 410 valence electrons. The zero-order valence-corrected chi connectivity index (χ0v) is 49.7. The number of imidazole rings is 1. The first-order valence-corrected chi connectivity index (χ1v) is 28.2. The first-order valence-electron chi connectivity index (χ1n) is 28.2. The smallest absolute Gasteiger partial charge is 0.313 e. The largest absolute Gasteiger partial charge is 0.462 e. The molecule has 10 heteroatoms. The van der Waals surface area contributed by atoms with E-state index in [9.17, 15) is 14.4 Å². The Morgan fingerprint density at radius 1 is 0.681 bits per heavy atom. The molecule has 1 aliphatic rings. The molecule has 1 fully saturated rings. The molecule has 1 saturated heterocycles. The van der Waals surface area contributed by atoms with Gasteiger partial charge in [-0.15, -0.1) is 0 Å². The minimum atomic E-state index is -1.01. The molecule has 2 aromatic rings. The van der Waals surface area contributed by atoms with E-state index in [0.29, 0.717) is 25.3 Å². The van der Waals surface area contributed by atoms with Crippen molar-refractivity contribution in [1.82, 2.24) is 19.4 Å². The highest BCUT2D eigenvalue weighted by molar-refractivity contribution is 5.94. The van der Waals surface area contributed by atoms with E-state index < -0.39 is 22.2 Å². The summed E-state index contributed by atoms with van der Waals surface area (Å²) in [5.41, 5.74) is -1.28. The molecule has 72 heavy (non-hydrogen) atoms. The standard InChI is InChI=1S/C62H106N4O6/c1-21-56(13,14)49(66-34-27-28-51(66)68)41-57(15,16)61(20,24-4)60(19,53(70)72-37-36-71-52(69)38-46(7)67)43-55(11,12)42-59(18,23-3)48(47-29-31-63-32-30-47)39-58(17,22-2)44-62(25-5,26-6)50(40-54(8,9)10)65-35-33-64-45-65/h29-33,35,45,48-50H,21-28,34,36-44H2,1-20H3. The predicted octanol–water partition coefficient (Wildman–Crippen LogP) is 15.6. The van der Waals surface area contributed by atoms with Crippen molar-refractivity contribution in [1.29, 1.82) is 0 Å². The summed E-state index contributed by atoms with van der Waals surface area (Å²) in [7, 11) is 0. The van der Waals surface area contributed by atoms with Gasteiger partial charge in [0.2, 0.25) is 5.91 Å². The molecule has 7 unspecified atom stereocenters. The molecule has 0 N–H and O–H groups in total. The van der Waals surface area contributed by atoms with Crippen molar-refractivity contribution in [3.05, 3.63) is 48.8 Å². The van der Waals surface area contributed by atoms with Crippen LogP contribution in [0.25, 0.3) is 0 Å². The first kappa shape index (κ1) is 62.7. The Hall–Kier alpha value is -3.56. The van der Waals surface area contributed by atoms with Gasteiger partial charge in [0.25, 0.3) is 0 Å². The number of Topliss-reactive ketones (excluding diaryl/α,β-unsaturated/α-hetero) is 1. The number of ketones is 1. The Kier molecular flexibility index (Phi) is 21.7. The van der Waals surface area contributed by atoms with Crippen molar-refractivity contribution in [2.24, 2.45) is 48.7 Å². The monoisotopic (exact) mass is 1000 g/mol. The van der Waals surface area contributed by atoms with E-state index in [0.717, 1.165) is 77.2 Å². The van der Waals surface area contributed by atoms with Crippen LogP contribution in [0.4, 0.5) is 0 Å². The fraction of sp³-hybridized carbons (Fsp3) is 0.806. The van der Waals surface area contributed by atoms with Gasteiger partial charge in [-0.25, -0.2) is 4.98 Å². The number of pyridine rings is 1. The number of aromatic nitrogens is 3. The fourth-order valence-electron chi connectivity index (χ4n) is 14.0. The lowest BCUT2D eigenvalue weighted by Crippen LogP contribution is -2.57. The Bertz CT molecular complexity index is 2030. The lowest BCUT2D eigenvalue weighted by atomic mass is 9.46. The lowest BCUT2D eigenvalue weighted by Gasteiger charge is -2.58. The summed E-state index contributed by atoms with van der Waals surface area (Å²) >= 11 is 0. The van der Waals surface area contributed by atoms with Gasteiger partial charge in [0.15, 0.2) is 0 Å². The molecule has 0 bridgehead atoms. The molecule has 3 rings (SSSR count). The van der Waals surface area contributed by atoms with E-state index >= 15 is 4.79 Å². The second-order valence-electron chi connectivity index (χ2n) is 27.2. The van der Waals surface area contributed by atoms with Crippen LogP contribution in [0.2, 0.25) is 0 Å². The van der Waals surface area contributed by atoms with Gasteiger partial charge in [-0.2, -0.15) is 0 Å². The molecule has 7 atom stereocenters. The van der Waals surface area contributed by atoms with Crippen LogP contribution in [-0.2, 0) is 28.7 Å². The third-order valence-electron chi connectivity index (χ3n) is 19.5. The predicted molar refractivity (Wildman–Crippen MR) is 295 cm³/mol. The summed E-state index contributed by atoms with van der Waals surface area (Å²) in [5.74, 6) is -0.786. The molecule has 0 saturated carbocycles. The number of nitrogens with zero attached hydrogens (tertiary/aromatic N) is 4. The number of amides is 1. The van der Waals surface area contributed by atoms with Crippen LogP contribution < -0.4 is 0 Å². The van der Waals surface area contributed by atoms with Crippen LogP contribution in [0.3, 0.4) is 0 Å². The highest BCUT2D eigenvalue weighted by Crippen LogP contribution is 2.64. The van der Waals surface area contributed by atoms with Crippen molar-refractivity contribution in [3.63, 3.8) is 0 Å². The Labute approximate surface area is 440 Å². The second-order valence-corrected chi connectivity index (χ2v) is 27.2. The van der Waals surface area contributed by atoms with Crippen molar-refractivity contribution in [3.8, 4) is 0 Å². The van der Waals surface area contributed by atoms with E-state index in [2.05, 4.69) is 169 Å². The van der Waals surface area contributed by atoms with Gasteiger partial charge in [-0.05, 0) is 151 Å². The molecule has 10 nitrogen and oxygen atoms in total. The third kappa shape index (κ3) is 15.1. The fourth-order valence-corrected chi connectivity index (χ4v) is 14.0. The summed E-state index contributed by atoms with van der Waals surface area (Å²) in [5, 5.41) is 0. The van der Waals surface area contributed by atoms with Gasteiger partial charge in [0.05, 0.1) is 11.7 Å². The van der Waals surface area contributed by atoms with Crippen LogP contribution in [-0.4, -0.2) is 68.9 Å². The highest BCUT2D eigenvalue weighted by Gasteiger charge is 2.60. The van der Waals surface area contributed by atoms with Crippen LogP contribution in [0.1, 0.15) is 252 Å².